The van der Waals surface area contributed by atoms with Crippen molar-refractivity contribution in [2.45, 2.75) is 57.0 Å². The number of allylic oxidation sites excluding steroid dienone is 2. The fraction of sp³-hybridized carbons (Fsp3) is 0.667. The maximum atomic E-state index is 10.8. The molecule has 8 heteroatoms. The van der Waals surface area contributed by atoms with Crippen LogP contribution < -0.4 is 0 Å². The molecule has 29 heavy (non-hydrogen) atoms. The highest BCUT2D eigenvalue weighted by Gasteiger charge is 2.45. The second-order valence-electron chi connectivity index (χ2n) is 7.68. The van der Waals surface area contributed by atoms with E-state index in [1.807, 2.05) is 0 Å². The normalized spacial score (nSPS) is 28.3. The molecule has 0 aromatic carbocycles. The van der Waals surface area contributed by atoms with E-state index in [0.29, 0.717) is 32.7 Å². The minimum absolute atomic E-state index is 0.00221. The third-order valence-electron chi connectivity index (χ3n) is 5.65. The summed E-state index contributed by atoms with van der Waals surface area (Å²) < 4.78 is 12.8. The van der Waals surface area contributed by atoms with Crippen LogP contribution in [0.2, 0.25) is 0 Å². The molecule has 0 amide bonds. The van der Waals surface area contributed by atoms with Gasteiger partial charge in [0.2, 0.25) is 0 Å². The highest BCUT2D eigenvalue weighted by Crippen LogP contribution is 2.37. The van der Waals surface area contributed by atoms with Crippen LogP contribution in [0.25, 0.3) is 0 Å². The molecule has 162 valence electrons. The van der Waals surface area contributed by atoms with Gasteiger partial charge in [0.25, 0.3) is 0 Å². The van der Waals surface area contributed by atoms with Crippen molar-refractivity contribution in [2.24, 2.45) is 5.92 Å². The van der Waals surface area contributed by atoms with Gasteiger partial charge in [0.15, 0.2) is 0 Å². The Hall–Kier alpha value is -0.770. The largest absolute Gasteiger partial charge is 0.481 e. The van der Waals surface area contributed by atoms with Crippen LogP contribution in [0.3, 0.4) is 0 Å². The summed E-state index contributed by atoms with van der Waals surface area (Å²) in [5.41, 5.74) is 0. The number of morpholine rings is 1. The summed E-state index contributed by atoms with van der Waals surface area (Å²) >= 11 is 5.15. The van der Waals surface area contributed by atoms with Crippen LogP contribution in [-0.4, -0.2) is 65.6 Å². The number of hydrogen-bond acceptors (Lipinski definition) is 6. The first-order chi connectivity index (χ1) is 14.0. The van der Waals surface area contributed by atoms with Crippen LogP contribution in [0.15, 0.2) is 28.1 Å². The Morgan fingerprint density at radius 3 is 2.86 bits per heavy atom. The van der Waals surface area contributed by atoms with Crippen LogP contribution in [-0.2, 0) is 20.9 Å². The van der Waals surface area contributed by atoms with Crippen molar-refractivity contribution in [3.8, 4) is 0 Å². The molecule has 0 radical (unpaired) electrons. The Labute approximate surface area is 184 Å². The van der Waals surface area contributed by atoms with Crippen LogP contribution in [0.1, 0.15) is 37.0 Å². The molecule has 1 saturated carbocycles. The van der Waals surface area contributed by atoms with Gasteiger partial charge >= 0.3 is 5.97 Å². The van der Waals surface area contributed by atoms with Gasteiger partial charge in [-0.1, -0.05) is 12.2 Å². The lowest BCUT2D eigenvalue weighted by Gasteiger charge is -2.37. The topological polar surface area (TPSA) is 79.2 Å². The lowest BCUT2D eigenvalue weighted by atomic mass is 9.94. The third-order valence-corrected chi connectivity index (χ3v) is 7.32. The van der Waals surface area contributed by atoms with Crippen molar-refractivity contribution < 1.29 is 24.5 Å². The number of carboxylic acids is 1. The Morgan fingerprint density at radius 2 is 2.17 bits per heavy atom. The SMILES string of the molecule is O=C(O)CCC/C=C\C[C@@H]1[C@@H](N2CCOCC2)[C@H](O)C[C@@H]1OCc1cc(Br)cs1. The van der Waals surface area contributed by atoms with Crippen molar-refractivity contribution in [1.29, 1.82) is 0 Å². The Kier molecular flexibility index (Phi) is 9.14. The molecule has 1 aliphatic heterocycles. The Morgan fingerprint density at radius 1 is 1.38 bits per heavy atom. The summed E-state index contributed by atoms with van der Waals surface area (Å²) in [4.78, 5) is 14.2. The molecule has 0 spiro atoms. The van der Waals surface area contributed by atoms with Gasteiger partial charge in [-0.15, -0.1) is 11.3 Å². The van der Waals surface area contributed by atoms with E-state index in [-0.39, 0.29) is 24.5 Å². The number of aliphatic carboxylic acids is 1. The number of carboxylic acid groups (broad SMARTS) is 1. The van der Waals surface area contributed by atoms with Crippen LogP contribution in [0.4, 0.5) is 0 Å². The van der Waals surface area contributed by atoms with Crippen molar-refractivity contribution in [3.63, 3.8) is 0 Å². The molecule has 2 fully saturated rings. The fourth-order valence-electron chi connectivity index (χ4n) is 4.29. The number of ether oxygens (including phenoxy) is 2. The number of nitrogens with zero attached hydrogens (tertiary/aromatic N) is 1. The van der Waals surface area contributed by atoms with Crippen LogP contribution in [0.5, 0.6) is 0 Å². The predicted molar refractivity (Wildman–Crippen MR) is 116 cm³/mol. The van der Waals surface area contributed by atoms with Gasteiger partial charge in [0.1, 0.15) is 0 Å². The van der Waals surface area contributed by atoms with Crippen molar-refractivity contribution >= 4 is 33.2 Å². The second-order valence-corrected chi connectivity index (χ2v) is 9.59. The molecule has 6 nitrogen and oxygen atoms in total. The molecule has 4 atom stereocenters. The number of aliphatic hydroxyl groups excluding tert-OH is 1. The van der Waals surface area contributed by atoms with Gasteiger partial charge in [0, 0.05) is 52.6 Å². The molecule has 0 unspecified atom stereocenters. The molecule has 1 aliphatic carbocycles. The average Bonchev–Trinajstić information content (AvgIpc) is 3.25. The summed E-state index contributed by atoms with van der Waals surface area (Å²) in [5, 5.41) is 21.6. The van der Waals surface area contributed by atoms with E-state index in [0.717, 1.165) is 30.4 Å². The lowest BCUT2D eigenvalue weighted by Crippen LogP contribution is -2.50. The second kappa shape index (κ2) is 11.6. The number of aliphatic hydroxyl groups is 1. The van der Waals surface area contributed by atoms with E-state index in [1.54, 1.807) is 11.3 Å². The number of carbonyl (C=O) groups is 1. The average molecular weight is 488 g/mol. The zero-order valence-corrected chi connectivity index (χ0v) is 18.9. The lowest BCUT2D eigenvalue weighted by molar-refractivity contribution is -0.137. The van der Waals surface area contributed by atoms with Crippen molar-refractivity contribution in [1.82, 2.24) is 4.90 Å². The molecule has 2 heterocycles. The zero-order chi connectivity index (χ0) is 20.6. The molecular weight excluding hydrogens is 458 g/mol. The first kappa shape index (κ1) is 22.9. The van der Waals surface area contributed by atoms with E-state index in [1.165, 1.54) is 4.88 Å². The summed E-state index contributed by atoms with van der Waals surface area (Å²) in [5.74, 6) is -0.541. The van der Waals surface area contributed by atoms with E-state index in [9.17, 15) is 9.90 Å². The summed E-state index contributed by atoms with van der Waals surface area (Å²) in [6.45, 7) is 3.64. The van der Waals surface area contributed by atoms with E-state index < -0.39 is 12.1 Å². The third kappa shape index (κ3) is 6.87. The zero-order valence-electron chi connectivity index (χ0n) is 16.5. The molecule has 2 N–H and O–H groups in total. The van der Waals surface area contributed by atoms with Crippen molar-refractivity contribution in [2.75, 3.05) is 26.3 Å². The van der Waals surface area contributed by atoms with E-state index >= 15 is 0 Å². The molecule has 2 aliphatic rings. The number of rotatable bonds is 10. The molecule has 1 aromatic heterocycles. The van der Waals surface area contributed by atoms with Gasteiger partial charge in [0.05, 0.1) is 32.0 Å². The smallest absolute Gasteiger partial charge is 0.303 e. The highest BCUT2D eigenvalue weighted by molar-refractivity contribution is 9.10. The summed E-state index contributed by atoms with van der Waals surface area (Å²) in [7, 11) is 0. The first-order valence-electron chi connectivity index (χ1n) is 10.3. The molecular formula is C21H30BrNO5S. The summed E-state index contributed by atoms with van der Waals surface area (Å²) in [6.07, 6.45) is 6.88. The minimum atomic E-state index is -0.752. The summed E-state index contributed by atoms with van der Waals surface area (Å²) in [6, 6.07) is 2.15. The highest BCUT2D eigenvalue weighted by atomic mass is 79.9. The number of halogens is 1. The molecule has 0 bridgehead atoms. The maximum Gasteiger partial charge on any atom is 0.303 e. The van der Waals surface area contributed by atoms with Crippen molar-refractivity contribution in [3.05, 3.63) is 32.9 Å². The molecule has 1 saturated heterocycles. The van der Waals surface area contributed by atoms with Crippen LogP contribution in [0, 0.1) is 5.92 Å². The van der Waals surface area contributed by atoms with E-state index in [4.69, 9.17) is 14.6 Å². The van der Waals surface area contributed by atoms with Gasteiger partial charge in [-0.3, -0.25) is 9.69 Å². The van der Waals surface area contributed by atoms with Gasteiger partial charge < -0.3 is 19.7 Å². The van der Waals surface area contributed by atoms with Gasteiger partial charge in [-0.25, -0.2) is 0 Å². The fourth-order valence-corrected chi connectivity index (χ4v) is 5.66. The number of hydrogen-bond donors (Lipinski definition) is 2. The number of unbranched alkanes of at least 4 members (excludes halogenated alkanes) is 1. The quantitative estimate of drug-likeness (QED) is 0.387. The monoisotopic (exact) mass is 487 g/mol. The van der Waals surface area contributed by atoms with Gasteiger partial charge in [-0.05, 0) is 41.3 Å². The van der Waals surface area contributed by atoms with Gasteiger partial charge in [-0.2, -0.15) is 0 Å². The standard InChI is InChI=1S/C21H30BrNO5S/c22-15-11-16(29-14-15)13-28-19-12-18(24)21(23-7-9-27-10-8-23)17(19)5-3-1-2-4-6-20(25)26/h1,3,11,14,17-19,21,24H,2,4-10,12-13H2,(H,25,26)/b3-1-/t17-,18+,19-,21+/m0/s1. The van der Waals surface area contributed by atoms with E-state index in [2.05, 4.69) is 44.4 Å². The van der Waals surface area contributed by atoms with Crippen LogP contribution >= 0.6 is 27.3 Å². The minimum Gasteiger partial charge on any atom is -0.481 e. The molecule has 1 aromatic rings. The first-order valence-corrected chi connectivity index (χ1v) is 11.9. The maximum absolute atomic E-state index is 10.8. The Bertz CT molecular complexity index is 676. The predicted octanol–water partition coefficient (Wildman–Crippen LogP) is 3.68. The number of thiophene rings is 1. The molecule has 3 rings (SSSR count). The Balaban J connectivity index is 1.61.